The summed E-state index contributed by atoms with van der Waals surface area (Å²) < 4.78 is 17.9. The van der Waals surface area contributed by atoms with Crippen LogP contribution in [0.4, 0.5) is 0 Å². The molecule has 2 aromatic heterocycles. The topological polar surface area (TPSA) is 169 Å². The van der Waals surface area contributed by atoms with Crippen molar-refractivity contribution in [3.63, 3.8) is 0 Å². The molecule has 3 aromatic carbocycles. The van der Waals surface area contributed by atoms with Crippen LogP contribution in [-0.4, -0.2) is 36.8 Å². The highest BCUT2D eigenvalue weighted by Gasteiger charge is 2.18. The third-order valence-corrected chi connectivity index (χ3v) is 5.14. The van der Waals surface area contributed by atoms with Gasteiger partial charge in [-0.15, -0.1) is 0 Å². The van der Waals surface area contributed by atoms with Crippen LogP contribution in [-0.2, 0) is 0 Å². The van der Waals surface area contributed by atoms with Crippen LogP contribution in [0.2, 0.25) is 0 Å². The molecule has 37 heavy (non-hydrogen) atoms. The number of hydrogen-bond acceptors (Lipinski definition) is 8. The van der Waals surface area contributed by atoms with Gasteiger partial charge < -0.3 is 30.0 Å². The number of nitrogens with one attached hydrogen (secondary N) is 2. The number of amidine groups is 1. The van der Waals surface area contributed by atoms with Gasteiger partial charge in [0, 0.05) is 5.56 Å². The van der Waals surface area contributed by atoms with Gasteiger partial charge in [-0.05, 0) is 55.5 Å². The maximum atomic E-state index is 11.4. The van der Waals surface area contributed by atoms with Gasteiger partial charge in [0.1, 0.15) is 28.7 Å². The quantitative estimate of drug-likeness (QED) is 0.170. The number of benzene rings is 3. The molecular weight excluding hydrogens is 476 g/mol. The number of fused-ring (bicyclic) bond motifs is 1. The third kappa shape index (κ3) is 5.15. The average Bonchev–Trinajstić information content (AvgIpc) is 3.26. The molecule has 0 spiro atoms. The summed E-state index contributed by atoms with van der Waals surface area (Å²) in [6.45, 7) is 1.75. The Kier molecular flexibility index (Phi) is 6.08. The number of hydrogen-bond donors (Lipinski definition) is 4. The molecule has 0 radical (unpaired) electrons. The Morgan fingerprint density at radius 1 is 0.865 bits per heavy atom. The van der Waals surface area contributed by atoms with Crippen LogP contribution in [0.15, 0.2) is 72.8 Å². The summed E-state index contributed by atoms with van der Waals surface area (Å²) in [6.07, 6.45) is 0. The number of nitrogen functional groups attached to an aromatic ring is 1. The zero-order chi connectivity index (χ0) is 25.9. The first-order chi connectivity index (χ1) is 17.9. The van der Waals surface area contributed by atoms with Crippen molar-refractivity contribution >= 4 is 23.0 Å². The van der Waals surface area contributed by atoms with Gasteiger partial charge in [-0.3, -0.25) is 5.41 Å². The molecule has 0 saturated heterocycles. The molecule has 0 saturated carbocycles. The van der Waals surface area contributed by atoms with Crippen molar-refractivity contribution in [3.05, 3.63) is 89.7 Å². The van der Waals surface area contributed by atoms with E-state index in [1.807, 2.05) is 18.2 Å². The fourth-order valence-electron chi connectivity index (χ4n) is 3.45. The van der Waals surface area contributed by atoms with Gasteiger partial charge in [-0.25, -0.2) is 9.78 Å². The van der Waals surface area contributed by atoms with E-state index < -0.39 is 5.97 Å². The lowest BCUT2D eigenvalue weighted by molar-refractivity contribution is 0.0696. The summed E-state index contributed by atoms with van der Waals surface area (Å²) in [7, 11) is 0. The molecular formula is C26H20N6O5. The number of carbonyl (C=O) groups is 1. The van der Waals surface area contributed by atoms with Crippen molar-refractivity contribution in [1.29, 1.82) is 5.41 Å². The lowest BCUT2D eigenvalue weighted by Gasteiger charge is -2.13. The third-order valence-electron chi connectivity index (χ3n) is 5.14. The normalized spacial score (nSPS) is 10.7. The number of carboxylic acids is 1. The maximum absolute atomic E-state index is 11.4. The molecule has 0 unspecified atom stereocenters. The highest BCUT2D eigenvalue weighted by Crippen LogP contribution is 2.36. The Balaban J connectivity index is 1.55. The number of aromatic carboxylic acids is 1. The molecule has 0 aliphatic rings. The molecule has 0 atom stereocenters. The van der Waals surface area contributed by atoms with E-state index in [1.54, 1.807) is 49.4 Å². The summed E-state index contributed by atoms with van der Waals surface area (Å²) >= 11 is 0. The summed E-state index contributed by atoms with van der Waals surface area (Å²) in [5, 5.41) is 17.1. The van der Waals surface area contributed by atoms with Crippen molar-refractivity contribution in [2.75, 3.05) is 0 Å². The van der Waals surface area contributed by atoms with E-state index in [2.05, 4.69) is 19.9 Å². The van der Waals surface area contributed by atoms with Crippen LogP contribution in [0.3, 0.4) is 0 Å². The number of nitrogens with two attached hydrogens (primary N) is 1. The van der Waals surface area contributed by atoms with Gasteiger partial charge in [0.05, 0.1) is 5.56 Å². The van der Waals surface area contributed by atoms with E-state index in [9.17, 15) is 9.90 Å². The van der Waals surface area contributed by atoms with Crippen molar-refractivity contribution in [2.24, 2.45) is 5.73 Å². The molecule has 2 heterocycles. The molecule has 0 amide bonds. The summed E-state index contributed by atoms with van der Waals surface area (Å²) in [4.78, 5) is 27.5. The van der Waals surface area contributed by atoms with Crippen molar-refractivity contribution in [2.45, 2.75) is 6.92 Å². The van der Waals surface area contributed by atoms with Gasteiger partial charge in [0.2, 0.25) is 0 Å². The highest BCUT2D eigenvalue weighted by atomic mass is 16.5. The Morgan fingerprint density at radius 2 is 1.65 bits per heavy atom. The van der Waals surface area contributed by atoms with Crippen molar-refractivity contribution in [1.82, 2.24) is 19.9 Å². The predicted molar refractivity (Wildman–Crippen MR) is 134 cm³/mol. The molecule has 5 aromatic rings. The first kappa shape index (κ1) is 23.3. The second kappa shape index (κ2) is 9.66. The number of H-pyrrole nitrogens is 1. The zero-order valence-electron chi connectivity index (χ0n) is 19.4. The maximum Gasteiger partial charge on any atom is 0.335 e. The number of para-hydroxylation sites is 1. The monoisotopic (exact) mass is 496 g/mol. The Bertz CT molecular complexity index is 1630. The second-order valence-electron chi connectivity index (χ2n) is 7.86. The molecule has 5 N–H and O–H groups in total. The minimum Gasteiger partial charge on any atom is -0.478 e. The van der Waals surface area contributed by atoms with Crippen LogP contribution in [0.25, 0.3) is 11.2 Å². The van der Waals surface area contributed by atoms with Crippen LogP contribution in [0.1, 0.15) is 21.7 Å². The van der Waals surface area contributed by atoms with Gasteiger partial charge in [-0.2, -0.15) is 9.97 Å². The van der Waals surface area contributed by atoms with Gasteiger partial charge in [0.15, 0.2) is 17.1 Å². The zero-order valence-corrected chi connectivity index (χ0v) is 19.4. The first-order valence-corrected chi connectivity index (χ1v) is 11.0. The lowest BCUT2D eigenvalue weighted by Crippen LogP contribution is -2.11. The molecule has 0 fully saturated rings. The van der Waals surface area contributed by atoms with Crippen LogP contribution in [0, 0.1) is 12.3 Å². The molecule has 0 bridgehead atoms. The number of ether oxygens (including phenoxy) is 3. The van der Waals surface area contributed by atoms with E-state index in [0.717, 1.165) is 0 Å². The molecule has 5 rings (SSSR count). The number of aromatic amines is 1. The van der Waals surface area contributed by atoms with Gasteiger partial charge in [-0.1, -0.05) is 24.3 Å². The molecule has 11 heteroatoms. The Labute approximate surface area is 210 Å². The van der Waals surface area contributed by atoms with Gasteiger partial charge in [0.25, 0.3) is 5.88 Å². The standard InChI is InChI=1S/C26H20N6O5/c1-14-29-21-23(30-14)31-26(32-24(21)36-18-9-5-6-16(12-18)25(33)34)37-20-13-15(22(27)28)10-11-19(20)35-17-7-3-2-4-8-17/h2-13H,1H3,(H3,27,28)(H,33,34)(H,29,30,31,32). The Morgan fingerprint density at radius 3 is 2.41 bits per heavy atom. The van der Waals surface area contributed by atoms with Crippen LogP contribution >= 0.6 is 0 Å². The van der Waals surface area contributed by atoms with E-state index in [-0.39, 0.29) is 40.4 Å². The van der Waals surface area contributed by atoms with E-state index in [1.165, 1.54) is 12.1 Å². The second-order valence-corrected chi connectivity index (χ2v) is 7.86. The SMILES string of the molecule is Cc1nc2nc(Oc3cc(C(=N)N)ccc3Oc3ccccc3)nc(Oc3cccc(C(=O)O)c3)c2[nH]1. The molecule has 11 nitrogen and oxygen atoms in total. The molecule has 184 valence electrons. The van der Waals surface area contributed by atoms with Crippen LogP contribution < -0.4 is 19.9 Å². The molecule has 0 aliphatic heterocycles. The lowest BCUT2D eigenvalue weighted by atomic mass is 10.2. The number of imidazole rings is 1. The van der Waals surface area contributed by atoms with E-state index >= 15 is 0 Å². The van der Waals surface area contributed by atoms with Crippen molar-refractivity contribution in [3.8, 4) is 34.9 Å². The van der Waals surface area contributed by atoms with Crippen molar-refractivity contribution < 1.29 is 24.1 Å². The summed E-state index contributed by atoms with van der Waals surface area (Å²) in [5.41, 5.74) is 6.83. The van der Waals surface area contributed by atoms with Crippen LogP contribution in [0.5, 0.6) is 34.9 Å². The molecule has 0 aliphatic carbocycles. The largest absolute Gasteiger partial charge is 0.478 e. The summed E-state index contributed by atoms with van der Waals surface area (Å²) in [5.74, 6) is 0.786. The fraction of sp³-hybridized carbons (Fsp3) is 0.0385. The average molecular weight is 496 g/mol. The number of rotatable bonds is 8. The predicted octanol–water partition coefficient (Wildman–Crippen LogP) is 5.02. The summed E-state index contributed by atoms with van der Waals surface area (Å²) in [6, 6.07) is 19.8. The minimum absolute atomic E-state index is 0.0591. The number of aryl methyl sites for hydroxylation is 1. The Hall–Kier alpha value is -5.45. The first-order valence-electron chi connectivity index (χ1n) is 11.0. The van der Waals surface area contributed by atoms with E-state index in [4.69, 9.17) is 25.4 Å². The number of aromatic nitrogens is 4. The smallest absolute Gasteiger partial charge is 0.335 e. The minimum atomic E-state index is -1.09. The highest BCUT2D eigenvalue weighted by molar-refractivity contribution is 5.95. The number of carboxylic acid groups (broad SMARTS) is 1. The van der Waals surface area contributed by atoms with Gasteiger partial charge >= 0.3 is 12.0 Å². The van der Waals surface area contributed by atoms with E-state index in [0.29, 0.717) is 28.4 Å². The number of nitrogens with zero attached hydrogens (tertiary/aromatic N) is 3. The fourth-order valence-corrected chi connectivity index (χ4v) is 3.45.